The van der Waals surface area contributed by atoms with Crippen LogP contribution in [0.1, 0.15) is 22.8 Å². The molecule has 0 radical (unpaired) electrons. The highest BCUT2D eigenvalue weighted by molar-refractivity contribution is 5.98. The Balaban J connectivity index is 3.01. The predicted octanol–water partition coefficient (Wildman–Crippen LogP) is 0.648. The largest absolute Gasteiger partial charge is 0.507 e. The molecule has 17 heavy (non-hydrogen) atoms. The van der Waals surface area contributed by atoms with E-state index in [4.69, 9.17) is 5.73 Å². The number of phenols is 1. The van der Waals surface area contributed by atoms with Crippen molar-refractivity contribution in [3.05, 3.63) is 29.3 Å². The molecule has 0 saturated heterocycles. The molecular weight excluding hydrogens is 220 g/mol. The number of nitrogens with zero attached hydrogens (tertiary/aromatic N) is 1. The Kier molecular flexibility index (Phi) is 4.09. The van der Waals surface area contributed by atoms with Gasteiger partial charge in [-0.05, 0) is 26.0 Å². The zero-order valence-corrected chi connectivity index (χ0v) is 9.93. The van der Waals surface area contributed by atoms with Crippen LogP contribution in [0, 0.1) is 6.92 Å². The van der Waals surface area contributed by atoms with Crippen molar-refractivity contribution in [2.75, 3.05) is 13.1 Å². The van der Waals surface area contributed by atoms with Crippen molar-refractivity contribution >= 4 is 11.8 Å². The quantitative estimate of drug-likeness (QED) is 0.805. The maximum atomic E-state index is 12.0. The van der Waals surface area contributed by atoms with Crippen molar-refractivity contribution in [3.63, 3.8) is 0 Å². The van der Waals surface area contributed by atoms with E-state index in [-0.39, 0.29) is 17.9 Å². The topological polar surface area (TPSA) is 83.6 Å². The summed E-state index contributed by atoms with van der Waals surface area (Å²) >= 11 is 0. The zero-order valence-electron chi connectivity index (χ0n) is 9.93. The van der Waals surface area contributed by atoms with Gasteiger partial charge in [-0.3, -0.25) is 9.59 Å². The van der Waals surface area contributed by atoms with Crippen LogP contribution in [0.25, 0.3) is 0 Å². The Bertz CT molecular complexity index is 443. The van der Waals surface area contributed by atoms with E-state index in [0.29, 0.717) is 6.54 Å². The second kappa shape index (κ2) is 5.34. The van der Waals surface area contributed by atoms with Crippen molar-refractivity contribution in [3.8, 4) is 5.75 Å². The Labute approximate surface area is 99.8 Å². The summed E-state index contributed by atoms with van der Waals surface area (Å²) in [6.45, 7) is 3.77. The second-order valence-corrected chi connectivity index (χ2v) is 3.81. The Morgan fingerprint density at radius 2 is 2.06 bits per heavy atom. The van der Waals surface area contributed by atoms with Gasteiger partial charge in [-0.15, -0.1) is 0 Å². The molecule has 3 N–H and O–H groups in total. The van der Waals surface area contributed by atoms with Crippen LogP contribution >= 0.6 is 0 Å². The molecule has 1 aromatic rings. The molecule has 0 heterocycles. The number of likely N-dealkylation sites (N-methyl/N-ethyl adjacent to an activating group) is 1. The van der Waals surface area contributed by atoms with E-state index in [9.17, 15) is 14.7 Å². The van der Waals surface area contributed by atoms with Gasteiger partial charge in [-0.2, -0.15) is 0 Å². The third-order valence-electron chi connectivity index (χ3n) is 2.40. The first kappa shape index (κ1) is 13.0. The minimum Gasteiger partial charge on any atom is -0.507 e. The lowest BCUT2D eigenvalue weighted by molar-refractivity contribution is -0.118. The van der Waals surface area contributed by atoms with Crippen LogP contribution < -0.4 is 5.73 Å². The van der Waals surface area contributed by atoms with Crippen LogP contribution in [0.15, 0.2) is 18.2 Å². The monoisotopic (exact) mass is 236 g/mol. The summed E-state index contributed by atoms with van der Waals surface area (Å²) in [6.07, 6.45) is 0. The van der Waals surface area contributed by atoms with Crippen LogP contribution in [0.4, 0.5) is 0 Å². The summed E-state index contributed by atoms with van der Waals surface area (Å²) in [4.78, 5) is 24.2. The van der Waals surface area contributed by atoms with E-state index in [1.165, 1.54) is 11.0 Å². The first-order chi connectivity index (χ1) is 7.95. The highest BCUT2D eigenvalue weighted by Crippen LogP contribution is 2.19. The Hall–Kier alpha value is -2.04. The molecule has 0 spiro atoms. The average Bonchev–Trinajstić information content (AvgIpc) is 2.28. The van der Waals surface area contributed by atoms with Gasteiger partial charge < -0.3 is 15.7 Å². The molecule has 0 bridgehead atoms. The summed E-state index contributed by atoms with van der Waals surface area (Å²) < 4.78 is 0. The van der Waals surface area contributed by atoms with Crippen LogP contribution in [0.5, 0.6) is 5.75 Å². The Morgan fingerprint density at radius 3 is 2.59 bits per heavy atom. The van der Waals surface area contributed by atoms with Gasteiger partial charge in [0.25, 0.3) is 5.91 Å². The van der Waals surface area contributed by atoms with E-state index < -0.39 is 11.8 Å². The molecule has 0 aliphatic carbocycles. The van der Waals surface area contributed by atoms with Crippen LogP contribution in [0.2, 0.25) is 0 Å². The fourth-order valence-electron chi connectivity index (χ4n) is 1.51. The number of carbonyl (C=O) groups excluding carboxylic acids is 2. The number of hydrogen-bond donors (Lipinski definition) is 2. The normalized spacial score (nSPS) is 10.0. The van der Waals surface area contributed by atoms with Gasteiger partial charge in [0.15, 0.2) is 0 Å². The van der Waals surface area contributed by atoms with Gasteiger partial charge in [0, 0.05) is 6.54 Å². The molecule has 0 aromatic heterocycles. The molecule has 0 aliphatic heterocycles. The van der Waals surface area contributed by atoms with Gasteiger partial charge >= 0.3 is 0 Å². The number of benzene rings is 1. The van der Waals surface area contributed by atoms with E-state index in [1.54, 1.807) is 19.1 Å². The number of amides is 2. The summed E-state index contributed by atoms with van der Waals surface area (Å²) in [5.41, 5.74) is 6.11. The van der Waals surface area contributed by atoms with Crippen LogP contribution in [-0.4, -0.2) is 34.9 Å². The van der Waals surface area contributed by atoms with Crippen LogP contribution in [0.3, 0.4) is 0 Å². The summed E-state index contributed by atoms with van der Waals surface area (Å²) in [7, 11) is 0. The minimum absolute atomic E-state index is 0.0940. The minimum atomic E-state index is -0.577. The van der Waals surface area contributed by atoms with Crippen molar-refractivity contribution in [1.82, 2.24) is 4.90 Å². The molecule has 1 rings (SSSR count). The van der Waals surface area contributed by atoms with Crippen molar-refractivity contribution in [2.24, 2.45) is 5.73 Å². The summed E-state index contributed by atoms with van der Waals surface area (Å²) in [6, 6.07) is 4.75. The maximum Gasteiger partial charge on any atom is 0.258 e. The predicted molar refractivity (Wildman–Crippen MR) is 63.6 cm³/mol. The fraction of sp³-hybridized carbons (Fsp3) is 0.333. The highest BCUT2D eigenvalue weighted by Gasteiger charge is 2.19. The summed E-state index contributed by atoms with van der Waals surface area (Å²) in [5.74, 6) is -1.07. The van der Waals surface area contributed by atoms with Crippen molar-refractivity contribution in [1.29, 1.82) is 0 Å². The SMILES string of the molecule is CCN(CC(N)=O)C(=O)c1cc(C)ccc1O. The molecule has 5 heteroatoms. The molecule has 92 valence electrons. The lowest BCUT2D eigenvalue weighted by Gasteiger charge is -2.19. The molecular formula is C12H16N2O3. The molecule has 2 amide bonds. The second-order valence-electron chi connectivity index (χ2n) is 3.81. The average molecular weight is 236 g/mol. The van der Waals surface area contributed by atoms with Crippen LogP contribution in [-0.2, 0) is 4.79 Å². The number of phenolic OH excluding ortho intramolecular Hbond substituents is 1. The maximum absolute atomic E-state index is 12.0. The van der Waals surface area contributed by atoms with E-state index in [2.05, 4.69) is 0 Å². The van der Waals surface area contributed by atoms with Gasteiger partial charge in [0.1, 0.15) is 5.75 Å². The molecule has 1 aromatic carbocycles. The van der Waals surface area contributed by atoms with Gasteiger partial charge in [0.2, 0.25) is 5.91 Å². The number of carbonyl (C=O) groups is 2. The third kappa shape index (κ3) is 3.21. The fourth-order valence-corrected chi connectivity index (χ4v) is 1.51. The van der Waals surface area contributed by atoms with Crippen molar-refractivity contribution in [2.45, 2.75) is 13.8 Å². The molecule has 0 aliphatic rings. The molecule has 0 atom stereocenters. The van der Waals surface area contributed by atoms with Gasteiger partial charge in [-0.25, -0.2) is 0 Å². The number of hydrogen-bond acceptors (Lipinski definition) is 3. The van der Waals surface area contributed by atoms with Gasteiger partial charge in [0.05, 0.1) is 12.1 Å². The number of rotatable bonds is 4. The lowest BCUT2D eigenvalue weighted by Crippen LogP contribution is -2.38. The molecule has 0 fully saturated rings. The standard InChI is InChI=1S/C12H16N2O3/c1-3-14(7-11(13)16)12(17)9-6-8(2)4-5-10(9)15/h4-6,15H,3,7H2,1-2H3,(H2,13,16). The van der Waals surface area contributed by atoms with E-state index >= 15 is 0 Å². The van der Waals surface area contributed by atoms with E-state index in [1.807, 2.05) is 6.92 Å². The van der Waals surface area contributed by atoms with Gasteiger partial charge in [-0.1, -0.05) is 11.6 Å². The number of aromatic hydroxyl groups is 1. The highest BCUT2D eigenvalue weighted by atomic mass is 16.3. The first-order valence-electron chi connectivity index (χ1n) is 5.33. The Morgan fingerprint density at radius 1 is 1.41 bits per heavy atom. The molecule has 0 saturated carbocycles. The molecule has 0 unspecified atom stereocenters. The smallest absolute Gasteiger partial charge is 0.258 e. The van der Waals surface area contributed by atoms with Crippen molar-refractivity contribution < 1.29 is 14.7 Å². The summed E-state index contributed by atoms with van der Waals surface area (Å²) in [5, 5.41) is 9.62. The molecule has 5 nitrogen and oxygen atoms in total. The lowest BCUT2D eigenvalue weighted by atomic mass is 10.1. The number of aryl methyl sites for hydroxylation is 1. The number of nitrogens with two attached hydrogens (primary N) is 1. The van der Waals surface area contributed by atoms with E-state index in [0.717, 1.165) is 5.56 Å². The number of primary amides is 1. The first-order valence-corrected chi connectivity index (χ1v) is 5.33. The zero-order chi connectivity index (χ0) is 13.0. The third-order valence-corrected chi connectivity index (χ3v) is 2.40.